The van der Waals surface area contributed by atoms with Gasteiger partial charge < -0.3 is 24.1 Å². The van der Waals surface area contributed by atoms with Gasteiger partial charge in [0.2, 0.25) is 0 Å². The summed E-state index contributed by atoms with van der Waals surface area (Å²) >= 11 is 0. The summed E-state index contributed by atoms with van der Waals surface area (Å²) in [5, 5.41) is 11.4. The van der Waals surface area contributed by atoms with Crippen LogP contribution in [0.25, 0.3) is 11.1 Å². The zero-order valence-corrected chi connectivity index (χ0v) is 30.2. The van der Waals surface area contributed by atoms with Crippen LogP contribution in [0.4, 0.5) is 0 Å². The Morgan fingerprint density at radius 3 is 1.31 bits per heavy atom. The Balaban J connectivity index is 2.50. The first-order chi connectivity index (χ1) is 23.8. The van der Waals surface area contributed by atoms with Crippen LogP contribution in [0, 0.1) is 0 Å². The SMILES string of the molecule is CCCCCCOC(=O)c1ccc(-c2ccc(C(=O)OCCCCCC)c(O)c2C(=O)OCCCCCC)cc1C(=O)OCCCCCC. The third kappa shape index (κ3) is 14.2. The largest absolute Gasteiger partial charge is 0.506 e. The minimum Gasteiger partial charge on any atom is -0.506 e. The van der Waals surface area contributed by atoms with Gasteiger partial charge in [0.15, 0.2) is 0 Å². The minimum atomic E-state index is -0.808. The molecule has 0 spiro atoms. The first kappa shape index (κ1) is 41.3. The molecule has 49 heavy (non-hydrogen) atoms. The summed E-state index contributed by atoms with van der Waals surface area (Å²) in [6, 6.07) is 7.40. The Labute approximate surface area is 293 Å². The van der Waals surface area contributed by atoms with Crippen molar-refractivity contribution in [2.45, 2.75) is 130 Å². The zero-order chi connectivity index (χ0) is 35.9. The number of hydrogen-bond donors (Lipinski definition) is 1. The number of phenolic OH excluding ortho intramolecular Hbond substituents is 1. The normalized spacial score (nSPS) is 10.9. The molecule has 2 aromatic rings. The molecule has 0 fully saturated rings. The van der Waals surface area contributed by atoms with Gasteiger partial charge in [0.05, 0.1) is 37.6 Å². The number of aromatic hydroxyl groups is 1. The van der Waals surface area contributed by atoms with Gasteiger partial charge in [0, 0.05) is 5.56 Å². The van der Waals surface area contributed by atoms with Gasteiger partial charge in [-0.15, -0.1) is 0 Å². The van der Waals surface area contributed by atoms with Crippen molar-refractivity contribution in [2.24, 2.45) is 0 Å². The van der Waals surface area contributed by atoms with E-state index in [2.05, 4.69) is 27.7 Å². The predicted molar refractivity (Wildman–Crippen MR) is 191 cm³/mol. The number of esters is 4. The number of benzene rings is 2. The molecule has 0 radical (unpaired) electrons. The Bertz CT molecular complexity index is 1320. The molecular formula is C40H58O9. The molecule has 2 rings (SSSR count). The summed E-state index contributed by atoms with van der Waals surface area (Å²) in [5.74, 6) is -3.46. The summed E-state index contributed by atoms with van der Waals surface area (Å²) < 4.78 is 22.0. The van der Waals surface area contributed by atoms with Crippen LogP contribution in [0.1, 0.15) is 172 Å². The number of phenols is 1. The monoisotopic (exact) mass is 682 g/mol. The third-order valence-corrected chi connectivity index (χ3v) is 8.30. The van der Waals surface area contributed by atoms with E-state index >= 15 is 0 Å². The lowest BCUT2D eigenvalue weighted by Gasteiger charge is -2.16. The van der Waals surface area contributed by atoms with Crippen LogP contribution >= 0.6 is 0 Å². The second-order valence-electron chi connectivity index (χ2n) is 12.4. The highest BCUT2D eigenvalue weighted by atomic mass is 16.5. The molecule has 1 N–H and O–H groups in total. The van der Waals surface area contributed by atoms with Crippen molar-refractivity contribution >= 4 is 23.9 Å². The molecule has 0 aliphatic carbocycles. The smallest absolute Gasteiger partial charge is 0.342 e. The maximum atomic E-state index is 13.5. The average molecular weight is 683 g/mol. The Kier molecular flexibility index (Phi) is 20.5. The summed E-state index contributed by atoms with van der Waals surface area (Å²) in [6.07, 6.45) is 14.6. The summed E-state index contributed by atoms with van der Waals surface area (Å²) in [5.41, 5.74) is 0.233. The van der Waals surface area contributed by atoms with E-state index in [4.69, 9.17) is 18.9 Å². The van der Waals surface area contributed by atoms with Crippen molar-refractivity contribution < 1.29 is 43.2 Å². The fraction of sp³-hybridized carbons (Fsp3) is 0.600. The van der Waals surface area contributed by atoms with Crippen LogP contribution in [0.5, 0.6) is 5.75 Å². The van der Waals surface area contributed by atoms with E-state index in [1.165, 1.54) is 24.3 Å². The van der Waals surface area contributed by atoms with Gasteiger partial charge in [0.25, 0.3) is 0 Å². The van der Waals surface area contributed by atoms with Gasteiger partial charge in [-0.2, -0.15) is 0 Å². The highest BCUT2D eigenvalue weighted by Gasteiger charge is 2.27. The first-order valence-corrected chi connectivity index (χ1v) is 18.5. The third-order valence-electron chi connectivity index (χ3n) is 8.30. The quantitative estimate of drug-likeness (QED) is 0.0618. The van der Waals surface area contributed by atoms with Crippen LogP contribution in [-0.4, -0.2) is 55.4 Å². The maximum Gasteiger partial charge on any atom is 0.342 e. The van der Waals surface area contributed by atoms with Gasteiger partial charge in [-0.1, -0.05) is 117 Å². The average Bonchev–Trinajstić information content (AvgIpc) is 3.10. The summed E-state index contributed by atoms with van der Waals surface area (Å²) in [6.45, 7) is 9.12. The number of carbonyl (C=O) groups excluding carboxylic acids is 4. The number of ether oxygens (including phenoxy) is 4. The lowest BCUT2D eigenvalue weighted by Crippen LogP contribution is -2.16. The molecule has 0 amide bonds. The van der Waals surface area contributed by atoms with E-state index in [-0.39, 0.29) is 54.2 Å². The Morgan fingerprint density at radius 2 is 0.857 bits per heavy atom. The van der Waals surface area contributed by atoms with E-state index in [9.17, 15) is 24.3 Å². The number of unbranched alkanes of at least 4 members (excludes halogenated alkanes) is 12. The van der Waals surface area contributed by atoms with Crippen LogP contribution in [-0.2, 0) is 18.9 Å². The van der Waals surface area contributed by atoms with Crippen LogP contribution in [0.2, 0.25) is 0 Å². The number of hydrogen-bond acceptors (Lipinski definition) is 9. The van der Waals surface area contributed by atoms with Gasteiger partial charge in [-0.05, 0) is 49.4 Å². The Morgan fingerprint density at radius 1 is 0.469 bits per heavy atom. The summed E-state index contributed by atoms with van der Waals surface area (Å²) in [7, 11) is 0. The topological polar surface area (TPSA) is 125 Å². The van der Waals surface area contributed by atoms with Crippen molar-refractivity contribution in [1.82, 2.24) is 0 Å². The fourth-order valence-corrected chi connectivity index (χ4v) is 5.34. The maximum absolute atomic E-state index is 13.5. The second-order valence-corrected chi connectivity index (χ2v) is 12.4. The van der Waals surface area contributed by atoms with Gasteiger partial charge in [-0.3, -0.25) is 0 Å². The molecule has 0 heterocycles. The van der Waals surface area contributed by atoms with E-state index in [0.29, 0.717) is 31.2 Å². The zero-order valence-electron chi connectivity index (χ0n) is 30.2. The molecule has 9 heteroatoms. The molecule has 0 saturated carbocycles. The van der Waals surface area contributed by atoms with Crippen molar-refractivity contribution in [1.29, 1.82) is 0 Å². The van der Waals surface area contributed by atoms with Gasteiger partial charge in [0.1, 0.15) is 16.9 Å². The van der Waals surface area contributed by atoms with Crippen LogP contribution < -0.4 is 0 Å². The number of carbonyl (C=O) groups is 4. The molecule has 0 aliphatic heterocycles. The molecule has 0 aromatic heterocycles. The van der Waals surface area contributed by atoms with Gasteiger partial charge >= 0.3 is 23.9 Å². The molecule has 0 aliphatic rings. The molecular weight excluding hydrogens is 624 g/mol. The lowest BCUT2D eigenvalue weighted by atomic mass is 9.93. The molecule has 2 aromatic carbocycles. The minimum absolute atomic E-state index is 0.0134. The predicted octanol–water partition coefficient (Wildman–Crippen LogP) is 10.0. The van der Waals surface area contributed by atoms with E-state index in [0.717, 1.165) is 77.0 Å². The molecule has 272 valence electrons. The highest BCUT2D eigenvalue weighted by Crippen LogP contribution is 2.35. The highest BCUT2D eigenvalue weighted by molar-refractivity contribution is 6.07. The van der Waals surface area contributed by atoms with Gasteiger partial charge in [-0.25, -0.2) is 19.2 Å². The van der Waals surface area contributed by atoms with E-state index in [1.807, 2.05) is 0 Å². The number of rotatable bonds is 25. The van der Waals surface area contributed by atoms with Crippen molar-refractivity contribution in [3.05, 3.63) is 52.6 Å². The molecule has 0 bridgehead atoms. The Hall–Kier alpha value is -3.88. The van der Waals surface area contributed by atoms with Crippen LogP contribution in [0.15, 0.2) is 30.3 Å². The molecule has 0 saturated heterocycles. The standard InChI is InChI=1S/C40H58O9/c1-5-9-13-17-25-46-37(42)32-22-21-30(29-34(32)39(44)48-27-19-15-11-7-3)31-23-24-33(38(43)47-26-18-14-10-6-2)36(41)35(31)40(45)49-28-20-16-12-8-4/h21-24,29,41H,5-20,25-28H2,1-4H3. The summed E-state index contributed by atoms with van der Waals surface area (Å²) in [4.78, 5) is 53.0. The molecule has 9 nitrogen and oxygen atoms in total. The van der Waals surface area contributed by atoms with Crippen molar-refractivity contribution in [3.63, 3.8) is 0 Å². The molecule has 0 atom stereocenters. The first-order valence-electron chi connectivity index (χ1n) is 18.5. The second kappa shape index (κ2) is 24.3. The lowest BCUT2D eigenvalue weighted by molar-refractivity contribution is 0.0450. The fourth-order valence-electron chi connectivity index (χ4n) is 5.34. The van der Waals surface area contributed by atoms with Crippen molar-refractivity contribution in [2.75, 3.05) is 26.4 Å². The van der Waals surface area contributed by atoms with E-state index < -0.39 is 29.6 Å². The molecule has 0 unspecified atom stereocenters. The van der Waals surface area contributed by atoms with Crippen LogP contribution in [0.3, 0.4) is 0 Å². The van der Waals surface area contributed by atoms with E-state index in [1.54, 1.807) is 6.07 Å². The van der Waals surface area contributed by atoms with Crippen molar-refractivity contribution in [3.8, 4) is 16.9 Å².